The number of nitrogens with zero attached hydrogens (tertiary/aromatic N) is 2. The van der Waals surface area contributed by atoms with E-state index < -0.39 is 0 Å². The molecule has 1 aliphatic heterocycles. The van der Waals surface area contributed by atoms with Crippen molar-refractivity contribution >= 4 is 17.4 Å². The molecule has 7 heteroatoms. The SMILES string of the molecule is Cc1c(NC(=O)Nc2cccc(OCC3CCCO3)c2)cnn1C1CCCC1. The minimum atomic E-state index is -0.287. The molecule has 0 radical (unpaired) electrons. The zero-order chi connectivity index (χ0) is 19.3. The number of benzene rings is 1. The lowest BCUT2D eigenvalue weighted by Crippen LogP contribution is -2.20. The van der Waals surface area contributed by atoms with Crippen LogP contribution < -0.4 is 15.4 Å². The van der Waals surface area contributed by atoms with Crippen molar-refractivity contribution in [2.24, 2.45) is 0 Å². The van der Waals surface area contributed by atoms with Crippen LogP contribution in [0.4, 0.5) is 16.2 Å². The lowest BCUT2D eigenvalue weighted by molar-refractivity contribution is 0.0680. The van der Waals surface area contributed by atoms with Crippen LogP contribution in [-0.4, -0.2) is 35.1 Å². The first kappa shape index (κ1) is 18.8. The van der Waals surface area contributed by atoms with Crippen molar-refractivity contribution in [2.45, 2.75) is 57.6 Å². The molecule has 1 aromatic carbocycles. The maximum absolute atomic E-state index is 12.4. The number of carbonyl (C=O) groups is 1. The zero-order valence-electron chi connectivity index (χ0n) is 16.3. The predicted molar refractivity (Wildman–Crippen MR) is 108 cm³/mol. The normalized spacial score (nSPS) is 19.7. The number of hydrogen-bond acceptors (Lipinski definition) is 4. The molecule has 1 saturated carbocycles. The second-order valence-electron chi connectivity index (χ2n) is 7.58. The molecule has 150 valence electrons. The molecule has 1 aromatic heterocycles. The van der Waals surface area contributed by atoms with Crippen molar-refractivity contribution < 1.29 is 14.3 Å². The van der Waals surface area contributed by atoms with Crippen LogP contribution in [0.2, 0.25) is 0 Å². The van der Waals surface area contributed by atoms with Gasteiger partial charge in [0.1, 0.15) is 12.4 Å². The van der Waals surface area contributed by atoms with E-state index in [1.165, 1.54) is 12.8 Å². The summed E-state index contributed by atoms with van der Waals surface area (Å²) in [6.45, 7) is 3.35. The molecule has 0 bridgehead atoms. The summed E-state index contributed by atoms with van der Waals surface area (Å²) < 4.78 is 13.4. The van der Waals surface area contributed by atoms with Crippen molar-refractivity contribution in [1.82, 2.24) is 9.78 Å². The molecular formula is C21H28N4O3. The molecule has 4 rings (SSSR count). The van der Waals surface area contributed by atoms with Gasteiger partial charge in [-0.25, -0.2) is 4.79 Å². The Morgan fingerprint density at radius 3 is 2.89 bits per heavy atom. The van der Waals surface area contributed by atoms with E-state index in [-0.39, 0.29) is 12.1 Å². The van der Waals surface area contributed by atoms with Crippen LogP contribution >= 0.6 is 0 Å². The highest BCUT2D eigenvalue weighted by molar-refractivity contribution is 6.00. The van der Waals surface area contributed by atoms with Gasteiger partial charge in [0.05, 0.1) is 29.7 Å². The van der Waals surface area contributed by atoms with Gasteiger partial charge < -0.3 is 20.1 Å². The van der Waals surface area contributed by atoms with Gasteiger partial charge in [0.25, 0.3) is 0 Å². The van der Waals surface area contributed by atoms with Crippen LogP contribution in [-0.2, 0) is 4.74 Å². The highest BCUT2D eigenvalue weighted by Gasteiger charge is 2.21. The number of ether oxygens (including phenoxy) is 2. The van der Waals surface area contributed by atoms with Gasteiger partial charge >= 0.3 is 6.03 Å². The Morgan fingerprint density at radius 2 is 2.11 bits per heavy atom. The summed E-state index contributed by atoms with van der Waals surface area (Å²) in [6.07, 6.45) is 8.84. The van der Waals surface area contributed by atoms with Crippen LogP contribution in [0, 0.1) is 6.92 Å². The van der Waals surface area contributed by atoms with Crippen LogP contribution in [0.25, 0.3) is 0 Å². The fourth-order valence-electron chi connectivity index (χ4n) is 3.98. The average Bonchev–Trinajstić information content (AvgIpc) is 3.44. The molecule has 2 aliphatic rings. The monoisotopic (exact) mass is 384 g/mol. The quantitative estimate of drug-likeness (QED) is 0.768. The molecule has 2 N–H and O–H groups in total. The van der Waals surface area contributed by atoms with Crippen molar-refractivity contribution in [3.63, 3.8) is 0 Å². The zero-order valence-corrected chi connectivity index (χ0v) is 16.3. The number of urea groups is 1. The van der Waals surface area contributed by atoms with Crippen molar-refractivity contribution in [2.75, 3.05) is 23.8 Å². The van der Waals surface area contributed by atoms with E-state index in [0.717, 1.165) is 49.4 Å². The van der Waals surface area contributed by atoms with Gasteiger partial charge in [0.15, 0.2) is 0 Å². The van der Waals surface area contributed by atoms with Crippen LogP contribution in [0.3, 0.4) is 0 Å². The van der Waals surface area contributed by atoms with Gasteiger partial charge in [-0.2, -0.15) is 5.10 Å². The summed E-state index contributed by atoms with van der Waals surface area (Å²) in [5.41, 5.74) is 2.43. The lowest BCUT2D eigenvalue weighted by atomic mass is 10.2. The maximum Gasteiger partial charge on any atom is 0.323 e. The number of nitrogens with one attached hydrogen (secondary N) is 2. The Labute approximate surface area is 165 Å². The fraction of sp³-hybridized carbons (Fsp3) is 0.524. The molecule has 2 heterocycles. The molecule has 2 amide bonds. The van der Waals surface area contributed by atoms with Gasteiger partial charge in [-0.3, -0.25) is 4.68 Å². The molecule has 28 heavy (non-hydrogen) atoms. The summed E-state index contributed by atoms with van der Waals surface area (Å²) in [5.74, 6) is 0.721. The maximum atomic E-state index is 12.4. The molecule has 1 saturated heterocycles. The summed E-state index contributed by atoms with van der Waals surface area (Å²) in [7, 11) is 0. The summed E-state index contributed by atoms with van der Waals surface area (Å²) in [5, 5.41) is 10.2. The van der Waals surface area contributed by atoms with Crippen LogP contribution in [0.15, 0.2) is 30.5 Å². The largest absolute Gasteiger partial charge is 0.491 e. The third-order valence-corrected chi connectivity index (χ3v) is 5.52. The molecule has 2 fully saturated rings. The van der Waals surface area contributed by atoms with E-state index >= 15 is 0 Å². The minimum absolute atomic E-state index is 0.166. The Hall–Kier alpha value is -2.54. The third kappa shape index (κ3) is 4.47. The van der Waals surface area contributed by atoms with Gasteiger partial charge in [-0.05, 0) is 44.7 Å². The first-order valence-electron chi connectivity index (χ1n) is 10.2. The number of hydrogen-bond donors (Lipinski definition) is 2. The van der Waals surface area contributed by atoms with Gasteiger partial charge in [-0.1, -0.05) is 18.9 Å². The average molecular weight is 384 g/mol. The van der Waals surface area contributed by atoms with Crippen molar-refractivity contribution in [3.8, 4) is 5.75 Å². The number of anilines is 2. The first-order chi connectivity index (χ1) is 13.7. The number of amides is 2. The van der Waals surface area contributed by atoms with Crippen molar-refractivity contribution in [1.29, 1.82) is 0 Å². The lowest BCUT2D eigenvalue weighted by Gasteiger charge is -2.14. The fourth-order valence-corrected chi connectivity index (χ4v) is 3.98. The number of rotatable bonds is 6. The molecule has 1 unspecified atom stereocenters. The minimum Gasteiger partial charge on any atom is -0.491 e. The molecule has 0 spiro atoms. The molecule has 1 aliphatic carbocycles. The summed E-state index contributed by atoms with van der Waals surface area (Å²) in [4.78, 5) is 12.4. The molecule has 1 atom stereocenters. The third-order valence-electron chi connectivity index (χ3n) is 5.52. The Bertz CT molecular complexity index is 808. The molecular weight excluding hydrogens is 356 g/mol. The van der Waals surface area contributed by atoms with E-state index in [2.05, 4.69) is 15.7 Å². The summed E-state index contributed by atoms with van der Waals surface area (Å²) in [6, 6.07) is 7.58. The Morgan fingerprint density at radius 1 is 1.25 bits per heavy atom. The summed E-state index contributed by atoms with van der Waals surface area (Å²) >= 11 is 0. The van der Waals surface area contributed by atoms with E-state index in [1.807, 2.05) is 35.9 Å². The van der Waals surface area contributed by atoms with E-state index in [9.17, 15) is 4.79 Å². The second-order valence-corrected chi connectivity index (χ2v) is 7.58. The van der Waals surface area contributed by atoms with Crippen molar-refractivity contribution in [3.05, 3.63) is 36.2 Å². The molecule has 7 nitrogen and oxygen atoms in total. The van der Waals surface area contributed by atoms with Gasteiger partial charge in [0.2, 0.25) is 0 Å². The van der Waals surface area contributed by atoms with Gasteiger partial charge in [-0.15, -0.1) is 0 Å². The Balaban J connectivity index is 1.33. The number of aromatic nitrogens is 2. The highest BCUT2D eigenvalue weighted by Crippen LogP contribution is 2.31. The van der Waals surface area contributed by atoms with E-state index in [0.29, 0.717) is 18.3 Å². The van der Waals surface area contributed by atoms with Crippen LogP contribution in [0.1, 0.15) is 50.3 Å². The topological polar surface area (TPSA) is 77.4 Å². The van der Waals surface area contributed by atoms with E-state index in [4.69, 9.17) is 9.47 Å². The van der Waals surface area contributed by atoms with E-state index in [1.54, 1.807) is 6.20 Å². The second kappa shape index (κ2) is 8.65. The van der Waals surface area contributed by atoms with Crippen LogP contribution in [0.5, 0.6) is 5.75 Å². The highest BCUT2D eigenvalue weighted by atomic mass is 16.5. The molecule has 2 aromatic rings. The predicted octanol–water partition coefficient (Wildman–Crippen LogP) is 4.51. The number of carbonyl (C=O) groups excluding carboxylic acids is 1. The first-order valence-corrected chi connectivity index (χ1v) is 10.2. The standard InChI is InChI=1S/C21H28N4O3/c1-15-20(13-22-25(15)17-7-2-3-8-17)24-21(26)23-16-6-4-9-18(12-16)28-14-19-10-5-11-27-19/h4,6,9,12-13,17,19H,2-3,5,7-8,10-11,14H2,1H3,(H2,23,24,26). The van der Waals surface area contributed by atoms with Gasteiger partial charge in [0, 0.05) is 18.4 Å². The smallest absolute Gasteiger partial charge is 0.323 e. The Kier molecular flexibility index (Phi) is 5.81.